The van der Waals surface area contributed by atoms with Gasteiger partial charge in [0, 0.05) is 35.0 Å². The zero-order valence-corrected chi connectivity index (χ0v) is 16.4. The number of carbonyl (C=O) groups excluding carboxylic acids is 2. The normalized spacial score (nSPS) is 10.4. The van der Waals surface area contributed by atoms with Crippen LogP contribution in [-0.4, -0.2) is 11.8 Å². The third-order valence-electron chi connectivity index (χ3n) is 4.06. The summed E-state index contributed by atoms with van der Waals surface area (Å²) in [6.45, 7) is 0. The van der Waals surface area contributed by atoms with Crippen LogP contribution in [0.15, 0.2) is 73.1 Å². The van der Waals surface area contributed by atoms with Crippen LogP contribution in [-0.2, 0) is 11.8 Å². The Kier molecular flexibility index (Phi) is 6.63. The average Bonchev–Trinajstić information content (AvgIpc) is 2.75. The van der Waals surface area contributed by atoms with Crippen molar-refractivity contribution in [1.29, 1.82) is 0 Å². The van der Waals surface area contributed by atoms with Crippen LogP contribution in [0.25, 0.3) is 0 Å². The van der Waals surface area contributed by atoms with Gasteiger partial charge in [-0.15, -0.1) is 28.6 Å². The highest BCUT2D eigenvalue weighted by Gasteiger charge is 2.12. The number of nitrogens with zero attached hydrogens (tertiary/aromatic N) is 1. The molecular formula is C21H18Cl2N3O2+. The number of alkyl halides is 2. The number of hydrogen-bond donors (Lipinski definition) is 2. The maximum atomic E-state index is 12.3. The Bertz CT molecular complexity index is 876. The van der Waals surface area contributed by atoms with E-state index < -0.39 is 0 Å². The Morgan fingerprint density at radius 2 is 1.18 bits per heavy atom. The summed E-state index contributed by atoms with van der Waals surface area (Å²) in [6.07, 6.45) is 3.30. The van der Waals surface area contributed by atoms with Gasteiger partial charge in [0.1, 0.15) is 0 Å². The Labute approximate surface area is 172 Å². The molecule has 0 spiro atoms. The van der Waals surface area contributed by atoms with Gasteiger partial charge in [-0.1, -0.05) is 28.9 Å². The number of pyridine rings is 1. The lowest BCUT2D eigenvalue weighted by Crippen LogP contribution is -2.47. The van der Waals surface area contributed by atoms with E-state index in [0.29, 0.717) is 28.6 Å². The van der Waals surface area contributed by atoms with Crippen molar-refractivity contribution in [3.63, 3.8) is 0 Å². The van der Waals surface area contributed by atoms with Gasteiger partial charge in [-0.2, -0.15) is 0 Å². The number of rotatable bonds is 6. The number of amides is 2. The molecule has 0 bridgehead atoms. The molecule has 1 aromatic heterocycles. The fourth-order valence-electron chi connectivity index (χ4n) is 2.46. The Morgan fingerprint density at radius 3 is 1.64 bits per heavy atom. The summed E-state index contributed by atoms with van der Waals surface area (Å²) in [5, 5.41) is 2.81. The minimum absolute atomic E-state index is 0.220. The van der Waals surface area contributed by atoms with E-state index in [1.165, 1.54) is 4.68 Å². The first-order valence-corrected chi connectivity index (χ1v) is 9.60. The van der Waals surface area contributed by atoms with Crippen LogP contribution in [0.2, 0.25) is 0 Å². The van der Waals surface area contributed by atoms with Crippen LogP contribution >= 0.6 is 23.2 Å². The van der Waals surface area contributed by atoms with Gasteiger partial charge in [0.15, 0.2) is 0 Å². The standard InChI is InChI=1S/C21H17Cl2N3O2/c22-13-15-1-5-17(6-2-15)20(27)24-19-9-11-26(12-10-19)25-21(28)18-7-3-16(14-23)4-8-18/h1-12H,13-14H2,(H,25,28)/p+1. The molecule has 0 aliphatic carbocycles. The van der Waals surface area contributed by atoms with Gasteiger partial charge in [-0.25, -0.2) is 0 Å². The SMILES string of the molecule is O=C(Nc1cc[n+](NC(=O)c2ccc(CCl)cc2)cc1)c1ccc(CCl)cc1. The summed E-state index contributed by atoms with van der Waals surface area (Å²) < 4.78 is 1.52. The molecule has 0 aliphatic heterocycles. The van der Waals surface area contributed by atoms with E-state index in [0.717, 1.165) is 11.1 Å². The van der Waals surface area contributed by atoms with Gasteiger partial charge in [0.05, 0.1) is 5.69 Å². The summed E-state index contributed by atoms with van der Waals surface area (Å²) >= 11 is 11.5. The van der Waals surface area contributed by atoms with Gasteiger partial charge in [0.25, 0.3) is 5.91 Å². The van der Waals surface area contributed by atoms with Crippen LogP contribution in [0.5, 0.6) is 0 Å². The second-order valence-electron chi connectivity index (χ2n) is 6.05. The second-order valence-corrected chi connectivity index (χ2v) is 6.58. The quantitative estimate of drug-likeness (QED) is 0.471. The van der Waals surface area contributed by atoms with Crippen LogP contribution in [0.1, 0.15) is 31.8 Å². The molecule has 142 valence electrons. The maximum Gasteiger partial charge on any atom is 0.305 e. The van der Waals surface area contributed by atoms with E-state index in [1.807, 2.05) is 24.3 Å². The monoisotopic (exact) mass is 414 g/mol. The first kappa shape index (κ1) is 19.9. The Hall–Kier alpha value is -2.89. The molecular weight excluding hydrogens is 397 g/mol. The van der Waals surface area contributed by atoms with Gasteiger partial charge in [0.2, 0.25) is 12.4 Å². The zero-order chi connectivity index (χ0) is 19.9. The number of benzene rings is 2. The molecule has 0 fully saturated rings. The number of aromatic nitrogens is 1. The molecule has 0 radical (unpaired) electrons. The second kappa shape index (κ2) is 9.35. The van der Waals surface area contributed by atoms with Gasteiger partial charge in [-0.05, 0) is 35.4 Å². The molecule has 28 heavy (non-hydrogen) atoms. The van der Waals surface area contributed by atoms with Crippen molar-refractivity contribution in [1.82, 2.24) is 0 Å². The summed E-state index contributed by atoms with van der Waals surface area (Å²) in [5.74, 6) is 0.341. The number of nitrogens with one attached hydrogen (secondary N) is 2. The van der Waals surface area contributed by atoms with Gasteiger partial charge < -0.3 is 5.32 Å². The molecule has 0 aliphatic rings. The van der Waals surface area contributed by atoms with E-state index in [-0.39, 0.29) is 11.8 Å². The van der Waals surface area contributed by atoms with Gasteiger partial charge >= 0.3 is 5.91 Å². The van der Waals surface area contributed by atoms with Crippen molar-refractivity contribution in [2.45, 2.75) is 11.8 Å². The van der Waals surface area contributed by atoms with Crippen molar-refractivity contribution in [2.75, 3.05) is 10.7 Å². The molecule has 0 unspecified atom stereocenters. The molecule has 3 aromatic rings. The molecule has 0 saturated carbocycles. The van der Waals surface area contributed by atoms with E-state index in [2.05, 4.69) is 10.7 Å². The summed E-state index contributed by atoms with van der Waals surface area (Å²) in [7, 11) is 0. The highest BCUT2D eigenvalue weighted by atomic mass is 35.5. The fraction of sp³-hybridized carbons (Fsp3) is 0.0952. The van der Waals surface area contributed by atoms with E-state index in [1.54, 1.807) is 48.8 Å². The molecule has 7 heteroatoms. The lowest BCUT2D eigenvalue weighted by atomic mass is 10.1. The smallest absolute Gasteiger partial charge is 0.305 e. The molecule has 1 heterocycles. The Balaban J connectivity index is 1.60. The number of hydrogen-bond acceptors (Lipinski definition) is 2. The fourth-order valence-corrected chi connectivity index (χ4v) is 2.82. The van der Waals surface area contributed by atoms with E-state index in [4.69, 9.17) is 23.2 Å². The van der Waals surface area contributed by atoms with Crippen LogP contribution < -0.4 is 15.4 Å². The van der Waals surface area contributed by atoms with Gasteiger partial charge in [-0.3, -0.25) is 9.59 Å². The zero-order valence-electron chi connectivity index (χ0n) is 14.9. The first-order chi connectivity index (χ1) is 13.6. The first-order valence-electron chi connectivity index (χ1n) is 8.53. The van der Waals surface area contributed by atoms with Crippen molar-refractivity contribution in [2.24, 2.45) is 0 Å². The van der Waals surface area contributed by atoms with Crippen LogP contribution in [0.4, 0.5) is 5.69 Å². The topological polar surface area (TPSA) is 62.1 Å². The van der Waals surface area contributed by atoms with Crippen molar-refractivity contribution in [3.8, 4) is 0 Å². The van der Waals surface area contributed by atoms with Crippen molar-refractivity contribution < 1.29 is 14.3 Å². The largest absolute Gasteiger partial charge is 0.322 e. The lowest BCUT2D eigenvalue weighted by molar-refractivity contribution is -0.641. The summed E-state index contributed by atoms with van der Waals surface area (Å²) in [5.41, 5.74) is 6.32. The third-order valence-corrected chi connectivity index (χ3v) is 4.68. The van der Waals surface area contributed by atoms with Crippen molar-refractivity contribution >= 4 is 40.7 Å². The molecule has 2 aromatic carbocycles. The van der Waals surface area contributed by atoms with E-state index in [9.17, 15) is 9.59 Å². The molecule has 0 atom stereocenters. The third kappa shape index (κ3) is 5.09. The predicted octanol–water partition coefficient (Wildman–Crippen LogP) is 4.09. The number of carbonyl (C=O) groups is 2. The van der Waals surface area contributed by atoms with Crippen LogP contribution in [0.3, 0.4) is 0 Å². The highest BCUT2D eigenvalue weighted by molar-refractivity contribution is 6.17. The minimum atomic E-state index is -0.248. The summed E-state index contributed by atoms with van der Waals surface area (Å²) in [4.78, 5) is 24.6. The number of anilines is 1. The average molecular weight is 415 g/mol. The molecule has 2 N–H and O–H groups in total. The summed E-state index contributed by atoms with van der Waals surface area (Å²) in [6, 6.07) is 17.5. The van der Waals surface area contributed by atoms with Crippen LogP contribution in [0, 0.1) is 0 Å². The Morgan fingerprint density at radius 1 is 0.714 bits per heavy atom. The number of halogens is 2. The minimum Gasteiger partial charge on any atom is -0.322 e. The lowest BCUT2D eigenvalue weighted by Gasteiger charge is -2.05. The van der Waals surface area contributed by atoms with E-state index >= 15 is 0 Å². The molecule has 3 rings (SSSR count). The van der Waals surface area contributed by atoms with Crippen molar-refractivity contribution in [3.05, 3.63) is 95.3 Å². The molecule has 2 amide bonds. The highest BCUT2D eigenvalue weighted by Crippen LogP contribution is 2.10. The molecule has 0 saturated heterocycles. The predicted molar refractivity (Wildman–Crippen MR) is 110 cm³/mol. The molecule has 5 nitrogen and oxygen atoms in total. The maximum absolute atomic E-state index is 12.3.